The van der Waals surface area contributed by atoms with Gasteiger partial charge in [-0.15, -0.1) is 0 Å². The molecule has 9 nitrogen and oxygen atoms in total. The molecule has 1 atom stereocenters. The van der Waals surface area contributed by atoms with Crippen LogP contribution in [0.4, 0.5) is 10.1 Å². The molecule has 1 aliphatic rings. The molecule has 4 rings (SSSR count). The number of sulfonamides is 1. The van der Waals surface area contributed by atoms with E-state index in [-0.39, 0.29) is 35.6 Å². The van der Waals surface area contributed by atoms with Crippen LogP contribution in [-0.4, -0.2) is 49.0 Å². The summed E-state index contributed by atoms with van der Waals surface area (Å²) in [6, 6.07) is 10.7. The highest BCUT2D eigenvalue weighted by molar-refractivity contribution is 7.89. The van der Waals surface area contributed by atoms with E-state index in [1.54, 1.807) is 12.1 Å². The molecular weight excluding hydrogens is 487 g/mol. The van der Waals surface area contributed by atoms with Crippen molar-refractivity contribution in [3.8, 4) is 5.75 Å². The molecule has 2 heterocycles. The van der Waals surface area contributed by atoms with Crippen LogP contribution in [0.15, 0.2) is 51.9 Å². The maximum Gasteiger partial charge on any atom is 0.246 e. The zero-order chi connectivity index (χ0) is 25.9. The quantitative estimate of drug-likeness (QED) is 0.482. The summed E-state index contributed by atoms with van der Waals surface area (Å²) in [4.78, 5) is 17.1. The van der Waals surface area contributed by atoms with E-state index in [1.165, 1.54) is 17.5 Å². The Morgan fingerprint density at radius 3 is 2.67 bits per heavy atom. The molecule has 3 aromatic rings. The summed E-state index contributed by atoms with van der Waals surface area (Å²) in [5, 5.41) is 6.86. The second-order valence-electron chi connectivity index (χ2n) is 9.06. The summed E-state index contributed by atoms with van der Waals surface area (Å²) in [7, 11) is -2.71. The number of piperidine rings is 1. The summed E-state index contributed by atoms with van der Waals surface area (Å²) >= 11 is 0. The molecule has 11 heteroatoms. The van der Waals surface area contributed by atoms with Crippen molar-refractivity contribution in [2.45, 2.75) is 43.9 Å². The van der Waals surface area contributed by atoms with E-state index in [9.17, 15) is 17.6 Å². The number of benzene rings is 2. The first kappa shape index (κ1) is 25.8. The molecule has 1 amide bonds. The van der Waals surface area contributed by atoms with Gasteiger partial charge < -0.3 is 14.6 Å². The number of nitrogens with zero attached hydrogens (tertiary/aromatic N) is 3. The van der Waals surface area contributed by atoms with Gasteiger partial charge in [0.05, 0.1) is 13.0 Å². The molecule has 1 saturated heterocycles. The summed E-state index contributed by atoms with van der Waals surface area (Å²) in [5.74, 6) is -0.0871. The van der Waals surface area contributed by atoms with Gasteiger partial charge in [-0.3, -0.25) is 4.79 Å². The molecule has 1 aliphatic heterocycles. The van der Waals surface area contributed by atoms with E-state index in [4.69, 9.17) is 9.26 Å². The SMILES string of the molecule is COc1ccc(F)cc1S(=O)(=O)N1CCC[C@H](C(=O)Nc2ccc(Cc3noc(C(C)C)n3)cc2)C1. The number of ether oxygens (including phenoxy) is 1. The minimum atomic E-state index is -4.04. The minimum absolute atomic E-state index is 0.00192. The molecular formula is C25H29FN4O5S. The highest BCUT2D eigenvalue weighted by atomic mass is 32.2. The van der Waals surface area contributed by atoms with E-state index in [0.29, 0.717) is 36.7 Å². The average Bonchev–Trinajstić information content (AvgIpc) is 3.34. The number of methoxy groups -OCH3 is 1. The van der Waals surface area contributed by atoms with Gasteiger partial charge in [-0.25, -0.2) is 12.8 Å². The van der Waals surface area contributed by atoms with E-state index >= 15 is 0 Å². The van der Waals surface area contributed by atoms with Crippen molar-refractivity contribution >= 4 is 21.6 Å². The van der Waals surface area contributed by atoms with Crippen LogP contribution in [-0.2, 0) is 21.2 Å². The van der Waals surface area contributed by atoms with Crippen LogP contribution in [0.25, 0.3) is 0 Å². The van der Waals surface area contributed by atoms with Crippen molar-refractivity contribution in [1.29, 1.82) is 0 Å². The number of rotatable bonds is 8. The lowest BCUT2D eigenvalue weighted by molar-refractivity contribution is -0.120. The zero-order valence-electron chi connectivity index (χ0n) is 20.4. The third-order valence-corrected chi connectivity index (χ3v) is 7.95. The highest BCUT2D eigenvalue weighted by Crippen LogP contribution is 2.31. The first-order valence-corrected chi connectivity index (χ1v) is 13.2. The number of aromatic nitrogens is 2. The number of carbonyl (C=O) groups is 1. The fraction of sp³-hybridized carbons (Fsp3) is 0.400. The fourth-order valence-electron chi connectivity index (χ4n) is 4.07. The van der Waals surface area contributed by atoms with Crippen LogP contribution in [0.3, 0.4) is 0 Å². The Morgan fingerprint density at radius 1 is 1.25 bits per heavy atom. The van der Waals surface area contributed by atoms with Crippen LogP contribution in [0.1, 0.15) is 49.9 Å². The first-order valence-electron chi connectivity index (χ1n) is 11.7. The number of halogens is 1. The van der Waals surface area contributed by atoms with Crippen LogP contribution < -0.4 is 10.1 Å². The molecule has 1 aromatic heterocycles. The van der Waals surface area contributed by atoms with Gasteiger partial charge in [0.1, 0.15) is 16.5 Å². The topological polar surface area (TPSA) is 115 Å². The maximum absolute atomic E-state index is 13.8. The van der Waals surface area contributed by atoms with Crippen molar-refractivity contribution in [2.24, 2.45) is 5.92 Å². The molecule has 1 N–H and O–H groups in total. The van der Waals surface area contributed by atoms with Crippen LogP contribution in [0, 0.1) is 11.7 Å². The third-order valence-electron chi connectivity index (χ3n) is 6.06. The maximum atomic E-state index is 13.8. The van der Waals surface area contributed by atoms with E-state index in [0.717, 1.165) is 17.7 Å². The molecule has 0 unspecified atom stereocenters. The smallest absolute Gasteiger partial charge is 0.246 e. The van der Waals surface area contributed by atoms with Gasteiger partial charge in [0, 0.05) is 31.1 Å². The van der Waals surface area contributed by atoms with Crippen molar-refractivity contribution in [3.63, 3.8) is 0 Å². The van der Waals surface area contributed by atoms with Crippen molar-refractivity contribution < 1.29 is 26.9 Å². The predicted molar refractivity (Wildman–Crippen MR) is 131 cm³/mol. The van der Waals surface area contributed by atoms with E-state index in [1.807, 2.05) is 26.0 Å². The minimum Gasteiger partial charge on any atom is -0.495 e. The van der Waals surface area contributed by atoms with Crippen molar-refractivity contribution in [3.05, 3.63) is 65.6 Å². The van der Waals surface area contributed by atoms with Gasteiger partial charge in [0.15, 0.2) is 5.82 Å². The number of nitrogens with one attached hydrogen (secondary N) is 1. The van der Waals surface area contributed by atoms with Gasteiger partial charge in [-0.1, -0.05) is 31.1 Å². The van der Waals surface area contributed by atoms with Crippen molar-refractivity contribution in [2.75, 3.05) is 25.5 Å². The zero-order valence-corrected chi connectivity index (χ0v) is 21.2. The lowest BCUT2D eigenvalue weighted by Gasteiger charge is -2.31. The van der Waals surface area contributed by atoms with Crippen LogP contribution >= 0.6 is 0 Å². The average molecular weight is 517 g/mol. The Kier molecular flexibility index (Phi) is 7.70. The molecule has 0 bridgehead atoms. The first-order chi connectivity index (χ1) is 17.2. The van der Waals surface area contributed by atoms with Gasteiger partial charge in [0.2, 0.25) is 21.8 Å². The number of amides is 1. The van der Waals surface area contributed by atoms with Crippen molar-refractivity contribution in [1.82, 2.24) is 14.4 Å². The molecule has 192 valence electrons. The summed E-state index contributed by atoms with van der Waals surface area (Å²) in [6.45, 7) is 4.21. The Morgan fingerprint density at radius 2 is 2.00 bits per heavy atom. The summed E-state index contributed by atoms with van der Waals surface area (Å²) in [5.41, 5.74) is 1.56. The Hall–Kier alpha value is -3.31. The highest BCUT2D eigenvalue weighted by Gasteiger charge is 2.35. The lowest BCUT2D eigenvalue weighted by atomic mass is 9.98. The summed E-state index contributed by atoms with van der Waals surface area (Å²) in [6.07, 6.45) is 1.56. The van der Waals surface area contributed by atoms with Crippen LogP contribution in [0.2, 0.25) is 0 Å². The lowest BCUT2D eigenvalue weighted by Crippen LogP contribution is -2.43. The monoisotopic (exact) mass is 516 g/mol. The predicted octanol–water partition coefficient (Wildman–Crippen LogP) is 3.97. The fourth-order valence-corrected chi connectivity index (χ4v) is 5.76. The largest absolute Gasteiger partial charge is 0.495 e. The molecule has 0 saturated carbocycles. The molecule has 1 fully saturated rings. The van der Waals surface area contributed by atoms with Crippen LogP contribution in [0.5, 0.6) is 5.75 Å². The van der Waals surface area contributed by atoms with Gasteiger partial charge in [-0.05, 0) is 48.7 Å². The second kappa shape index (κ2) is 10.8. The number of anilines is 1. The van der Waals surface area contributed by atoms with E-state index in [2.05, 4.69) is 15.5 Å². The third kappa shape index (κ3) is 5.73. The molecule has 2 aromatic carbocycles. The number of carbonyl (C=O) groups excluding carboxylic acids is 1. The van der Waals surface area contributed by atoms with Gasteiger partial charge in [-0.2, -0.15) is 9.29 Å². The van der Waals surface area contributed by atoms with Gasteiger partial charge in [0.25, 0.3) is 0 Å². The number of hydrogen-bond donors (Lipinski definition) is 1. The number of hydrogen-bond acceptors (Lipinski definition) is 7. The molecule has 36 heavy (non-hydrogen) atoms. The Bertz CT molecular complexity index is 1320. The second-order valence-corrected chi connectivity index (χ2v) is 11.0. The molecule has 0 radical (unpaired) electrons. The Labute approximate surface area is 209 Å². The normalized spacial score (nSPS) is 16.8. The van der Waals surface area contributed by atoms with Gasteiger partial charge >= 0.3 is 0 Å². The molecule has 0 spiro atoms. The van der Waals surface area contributed by atoms with E-state index < -0.39 is 21.8 Å². The molecule has 0 aliphatic carbocycles. The standard InChI is InChI=1S/C25H29FN4O5S/c1-16(2)25-28-23(29-35-25)13-17-6-9-20(10-7-17)27-24(31)18-5-4-12-30(15-18)36(32,33)22-14-19(26)8-11-21(22)34-3/h6-11,14,16,18H,4-5,12-13,15H2,1-3H3,(H,27,31)/t18-/m0/s1. The summed E-state index contributed by atoms with van der Waals surface area (Å²) < 4.78 is 51.8. The Balaban J connectivity index is 1.40.